The summed E-state index contributed by atoms with van der Waals surface area (Å²) in [7, 11) is 0. The van der Waals surface area contributed by atoms with Crippen molar-refractivity contribution in [3.05, 3.63) is 75.5 Å². The van der Waals surface area contributed by atoms with Gasteiger partial charge in [0.25, 0.3) is 5.91 Å². The van der Waals surface area contributed by atoms with Crippen LogP contribution in [0.5, 0.6) is 0 Å². The molecule has 2 aromatic carbocycles. The molecular formula is C20H19NOS. The van der Waals surface area contributed by atoms with Crippen molar-refractivity contribution in [3.8, 4) is 11.1 Å². The largest absolute Gasteiger partial charge is 0.321 e. The molecule has 0 bridgehead atoms. The molecule has 0 spiro atoms. The molecule has 116 valence electrons. The van der Waals surface area contributed by atoms with Gasteiger partial charge in [0.2, 0.25) is 0 Å². The summed E-state index contributed by atoms with van der Waals surface area (Å²) in [5.41, 5.74) is 6.35. The fourth-order valence-corrected chi connectivity index (χ4v) is 3.31. The first-order valence-corrected chi connectivity index (χ1v) is 8.46. The molecule has 3 rings (SSSR count). The third kappa shape index (κ3) is 3.35. The molecule has 0 atom stereocenters. The maximum Gasteiger partial charge on any atom is 0.266 e. The van der Waals surface area contributed by atoms with E-state index in [1.54, 1.807) is 0 Å². The molecule has 2 nitrogen and oxygen atoms in total. The highest BCUT2D eigenvalue weighted by Crippen LogP contribution is 2.29. The van der Waals surface area contributed by atoms with Crippen LogP contribution in [0.3, 0.4) is 0 Å². The Bertz CT molecular complexity index is 846. The first kappa shape index (κ1) is 15.5. The van der Waals surface area contributed by atoms with Crippen molar-refractivity contribution in [2.24, 2.45) is 0 Å². The molecule has 0 unspecified atom stereocenters. The minimum absolute atomic E-state index is 0.0516. The lowest BCUT2D eigenvalue weighted by Gasteiger charge is -2.10. The third-order valence-electron chi connectivity index (χ3n) is 3.88. The number of thiophene rings is 1. The predicted molar refractivity (Wildman–Crippen MR) is 98.4 cm³/mol. The Kier molecular flexibility index (Phi) is 4.30. The van der Waals surface area contributed by atoms with Crippen LogP contribution < -0.4 is 5.32 Å². The van der Waals surface area contributed by atoms with Crippen molar-refractivity contribution >= 4 is 22.9 Å². The Morgan fingerprint density at radius 1 is 0.913 bits per heavy atom. The molecule has 0 aliphatic carbocycles. The summed E-state index contributed by atoms with van der Waals surface area (Å²) in [4.78, 5) is 13.4. The number of nitrogens with one attached hydrogen (secondary N) is 1. The first-order valence-electron chi connectivity index (χ1n) is 7.58. The highest BCUT2D eigenvalue weighted by Gasteiger charge is 2.15. The van der Waals surface area contributed by atoms with E-state index in [9.17, 15) is 4.79 Å². The Morgan fingerprint density at radius 3 is 2.35 bits per heavy atom. The zero-order valence-corrected chi connectivity index (χ0v) is 14.3. The van der Waals surface area contributed by atoms with Crippen LogP contribution >= 0.6 is 11.3 Å². The molecule has 3 aromatic rings. The van der Waals surface area contributed by atoms with Crippen LogP contribution in [0.15, 0.2) is 53.9 Å². The van der Waals surface area contributed by atoms with Crippen molar-refractivity contribution in [2.45, 2.75) is 20.8 Å². The summed E-state index contributed by atoms with van der Waals surface area (Å²) in [6, 6.07) is 16.4. The fourth-order valence-electron chi connectivity index (χ4n) is 2.50. The Morgan fingerprint density at radius 2 is 1.61 bits per heavy atom. The summed E-state index contributed by atoms with van der Waals surface area (Å²) >= 11 is 1.47. The third-order valence-corrected chi connectivity index (χ3v) is 4.79. The quantitative estimate of drug-likeness (QED) is 0.669. The molecule has 0 saturated heterocycles. The molecule has 23 heavy (non-hydrogen) atoms. The molecule has 0 saturated carbocycles. The number of carbonyl (C=O) groups is 1. The van der Waals surface area contributed by atoms with E-state index in [2.05, 4.69) is 36.5 Å². The number of anilines is 1. The van der Waals surface area contributed by atoms with E-state index in [0.29, 0.717) is 0 Å². The number of carbonyl (C=O) groups excluding carboxylic acids is 1. The summed E-state index contributed by atoms with van der Waals surface area (Å²) in [6.07, 6.45) is 0. The highest BCUT2D eigenvalue weighted by atomic mass is 32.1. The standard InChI is InChI=1S/C20H19NOS/c1-13-5-8-16(9-6-13)17-10-11-23-19(17)20(22)21-18-12-14(2)4-7-15(18)3/h4-12H,1-3H3,(H,21,22). The lowest BCUT2D eigenvalue weighted by molar-refractivity contribution is 0.103. The van der Waals surface area contributed by atoms with Crippen LogP contribution in [-0.4, -0.2) is 5.91 Å². The van der Waals surface area contributed by atoms with Crippen LogP contribution in [-0.2, 0) is 0 Å². The van der Waals surface area contributed by atoms with Crippen LogP contribution in [0.1, 0.15) is 26.4 Å². The van der Waals surface area contributed by atoms with Gasteiger partial charge in [0.15, 0.2) is 0 Å². The van der Waals surface area contributed by atoms with Crippen LogP contribution in [0.25, 0.3) is 11.1 Å². The molecule has 0 radical (unpaired) electrons. The number of amides is 1. The maximum absolute atomic E-state index is 12.7. The van der Waals surface area contributed by atoms with E-state index in [1.165, 1.54) is 16.9 Å². The number of hydrogen-bond acceptors (Lipinski definition) is 2. The van der Waals surface area contributed by atoms with E-state index in [1.807, 2.05) is 43.5 Å². The normalized spacial score (nSPS) is 10.6. The van der Waals surface area contributed by atoms with Gasteiger partial charge in [-0.05, 0) is 55.0 Å². The minimum atomic E-state index is -0.0516. The molecule has 0 aliphatic rings. The second kappa shape index (κ2) is 6.39. The highest BCUT2D eigenvalue weighted by molar-refractivity contribution is 7.12. The SMILES string of the molecule is Cc1ccc(-c2ccsc2C(=O)Nc2cc(C)ccc2C)cc1. The van der Waals surface area contributed by atoms with Gasteiger partial charge in [-0.15, -0.1) is 11.3 Å². The van der Waals surface area contributed by atoms with Gasteiger partial charge < -0.3 is 5.32 Å². The van der Waals surface area contributed by atoms with Crippen molar-refractivity contribution in [2.75, 3.05) is 5.32 Å². The molecule has 1 N–H and O–H groups in total. The monoisotopic (exact) mass is 321 g/mol. The van der Waals surface area contributed by atoms with Gasteiger partial charge in [-0.25, -0.2) is 0 Å². The summed E-state index contributed by atoms with van der Waals surface area (Å²) in [5.74, 6) is -0.0516. The molecule has 0 aliphatic heterocycles. The first-order chi connectivity index (χ1) is 11.0. The van der Waals surface area contributed by atoms with Crippen LogP contribution in [0.2, 0.25) is 0 Å². The predicted octanol–water partition coefficient (Wildman–Crippen LogP) is 5.59. The molecule has 1 heterocycles. The lowest BCUT2D eigenvalue weighted by atomic mass is 10.0. The Labute approximate surface area is 140 Å². The summed E-state index contributed by atoms with van der Waals surface area (Å²) in [5, 5.41) is 5.01. The number of benzene rings is 2. The zero-order chi connectivity index (χ0) is 16.4. The lowest BCUT2D eigenvalue weighted by Crippen LogP contribution is -2.12. The van der Waals surface area contributed by atoms with E-state index >= 15 is 0 Å². The van der Waals surface area contributed by atoms with Crippen molar-refractivity contribution < 1.29 is 4.79 Å². The summed E-state index contributed by atoms with van der Waals surface area (Å²) in [6.45, 7) is 6.09. The van der Waals surface area contributed by atoms with Crippen LogP contribution in [0.4, 0.5) is 5.69 Å². The maximum atomic E-state index is 12.7. The average molecular weight is 321 g/mol. The summed E-state index contributed by atoms with van der Waals surface area (Å²) < 4.78 is 0. The van der Waals surface area contributed by atoms with E-state index in [4.69, 9.17) is 0 Å². The van der Waals surface area contributed by atoms with Gasteiger partial charge in [0.1, 0.15) is 0 Å². The molecule has 1 aromatic heterocycles. The van der Waals surface area contributed by atoms with Gasteiger partial charge in [0, 0.05) is 11.3 Å². The molecule has 1 amide bonds. The topological polar surface area (TPSA) is 29.1 Å². The number of hydrogen-bond donors (Lipinski definition) is 1. The van der Waals surface area contributed by atoms with Gasteiger partial charge >= 0.3 is 0 Å². The van der Waals surface area contributed by atoms with E-state index in [-0.39, 0.29) is 5.91 Å². The minimum Gasteiger partial charge on any atom is -0.321 e. The number of rotatable bonds is 3. The zero-order valence-electron chi connectivity index (χ0n) is 13.5. The Balaban J connectivity index is 1.91. The van der Waals surface area contributed by atoms with E-state index < -0.39 is 0 Å². The van der Waals surface area contributed by atoms with Crippen molar-refractivity contribution in [1.29, 1.82) is 0 Å². The van der Waals surface area contributed by atoms with Gasteiger partial charge in [0.05, 0.1) is 4.88 Å². The van der Waals surface area contributed by atoms with Gasteiger partial charge in [-0.1, -0.05) is 42.0 Å². The molecule has 0 fully saturated rings. The Hall–Kier alpha value is -2.39. The van der Waals surface area contributed by atoms with E-state index in [0.717, 1.165) is 32.8 Å². The average Bonchev–Trinajstić information content (AvgIpc) is 3.01. The van der Waals surface area contributed by atoms with Gasteiger partial charge in [-0.3, -0.25) is 4.79 Å². The van der Waals surface area contributed by atoms with Crippen molar-refractivity contribution in [3.63, 3.8) is 0 Å². The fraction of sp³-hybridized carbons (Fsp3) is 0.150. The second-order valence-electron chi connectivity index (χ2n) is 5.80. The smallest absolute Gasteiger partial charge is 0.266 e. The molecule has 3 heteroatoms. The van der Waals surface area contributed by atoms with Gasteiger partial charge in [-0.2, -0.15) is 0 Å². The second-order valence-corrected chi connectivity index (χ2v) is 6.72. The number of aryl methyl sites for hydroxylation is 3. The van der Waals surface area contributed by atoms with Crippen LogP contribution in [0, 0.1) is 20.8 Å². The molecular weight excluding hydrogens is 302 g/mol. The van der Waals surface area contributed by atoms with Crippen molar-refractivity contribution in [1.82, 2.24) is 0 Å².